The topological polar surface area (TPSA) is 67.9 Å². The van der Waals surface area contributed by atoms with E-state index in [1.807, 2.05) is 12.1 Å². The Morgan fingerprint density at radius 1 is 0.767 bits per heavy atom. The first kappa shape index (κ1) is 25.6. The number of nitrogens with one attached hydrogen (secondary N) is 1. The van der Waals surface area contributed by atoms with Gasteiger partial charge in [-0.1, -0.05) is 85.0 Å². The first-order valence-corrected chi connectivity index (χ1v) is 15.3. The summed E-state index contributed by atoms with van der Waals surface area (Å²) < 4.78 is 10.9. The van der Waals surface area contributed by atoms with Crippen molar-refractivity contribution in [3.63, 3.8) is 0 Å². The van der Waals surface area contributed by atoms with Crippen LogP contribution in [-0.2, 0) is 7.05 Å². The Balaban J connectivity index is 0.000000416. The fourth-order valence-electron chi connectivity index (χ4n) is 6.53. The van der Waals surface area contributed by atoms with E-state index in [0.29, 0.717) is 0 Å². The van der Waals surface area contributed by atoms with Crippen LogP contribution in [0.5, 0.6) is 0 Å². The van der Waals surface area contributed by atoms with Gasteiger partial charge >= 0.3 is 0 Å². The summed E-state index contributed by atoms with van der Waals surface area (Å²) in [5.41, 5.74) is 13.0. The molecule has 0 unspecified atom stereocenters. The van der Waals surface area contributed by atoms with Gasteiger partial charge < -0.3 is 14.7 Å². The monoisotopic (exact) mass is 575 g/mol. The number of allylic oxidation sites excluding steroid dienone is 4. The van der Waals surface area contributed by atoms with Crippen LogP contribution in [0.25, 0.3) is 75.0 Å². The van der Waals surface area contributed by atoms with Crippen LogP contribution < -0.4 is 5.73 Å². The molecule has 8 aromatic rings. The van der Waals surface area contributed by atoms with Crippen LogP contribution in [0.1, 0.15) is 18.4 Å². The van der Waals surface area contributed by atoms with E-state index < -0.39 is 0 Å². The number of aryl methyl sites for hydroxylation is 1. The molecule has 4 nitrogen and oxygen atoms in total. The first-order valence-electron chi connectivity index (χ1n) is 14.5. The Labute approximate surface area is 252 Å². The van der Waals surface area contributed by atoms with E-state index in [-0.39, 0.29) is 5.84 Å². The Kier molecular flexibility index (Phi) is 5.95. The van der Waals surface area contributed by atoms with Crippen molar-refractivity contribution in [3.05, 3.63) is 121 Å². The molecule has 0 saturated heterocycles. The molecule has 0 saturated carbocycles. The van der Waals surface area contributed by atoms with E-state index in [0.717, 1.165) is 65.1 Å². The summed E-state index contributed by atoms with van der Waals surface area (Å²) in [4.78, 5) is 0. The number of aromatic nitrogens is 1. The Morgan fingerprint density at radius 3 is 2.28 bits per heavy atom. The predicted octanol–water partition coefficient (Wildman–Crippen LogP) is 10.4. The second-order valence-corrected chi connectivity index (χ2v) is 12.1. The zero-order valence-corrected chi connectivity index (χ0v) is 24.5. The summed E-state index contributed by atoms with van der Waals surface area (Å²) in [5, 5.41) is 15.4. The van der Waals surface area contributed by atoms with Gasteiger partial charge in [0, 0.05) is 65.4 Å². The zero-order chi connectivity index (χ0) is 29.1. The van der Waals surface area contributed by atoms with Gasteiger partial charge in [-0.3, -0.25) is 5.41 Å². The lowest BCUT2D eigenvalue weighted by molar-refractivity contribution is 0.670. The fourth-order valence-corrected chi connectivity index (χ4v) is 7.68. The maximum absolute atomic E-state index is 8.37. The minimum Gasteiger partial charge on any atom is -0.455 e. The summed E-state index contributed by atoms with van der Waals surface area (Å²) in [5.74, 6) is 0.0857. The summed E-state index contributed by atoms with van der Waals surface area (Å²) in [6.45, 7) is 0. The third-order valence-electron chi connectivity index (χ3n) is 8.49. The molecular formula is C38H29N3OS. The van der Waals surface area contributed by atoms with E-state index in [9.17, 15) is 0 Å². The third-order valence-corrected chi connectivity index (χ3v) is 9.61. The van der Waals surface area contributed by atoms with Crippen LogP contribution in [0.4, 0.5) is 0 Å². The lowest BCUT2D eigenvalue weighted by atomic mass is 9.98. The quantitative estimate of drug-likeness (QED) is 0.159. The summed E-state index contributed by atoms with van der Waals surface area (Å²) in [7, 11) is 2.07. The molecule has 0 fully saturated rings. The number of furan rings is 1. The van der Waals surface area contributed by atoms with Crippen LogP contribution >= 0.6 is 11.3 Å². The minimum absolute atomic E-state index is 0.0857. The zero-order valence-electron chi connectivity index (χ0n) is 23.7. The van der Waals surface area contributed by atoms with Gasteiger partial charge in [0.1, 0.15) is 17.0 Å². The number of hydrogen-bond donors (Lipinski definition) is 2. The molecule has 0 radical (unpaired) electrons. The second-order valence-electron chi connectivity index (χ2n) is 11.0. The molecule has 1 aliphatic rings. The number of nitrogen functional groups attached to an aromatic ring is 1. The standard InChI is InChI=1S/C32H21N3OS.C6H8/c1-35-24-14-13-17(18-9-6-10-20-19-7-2-4-11-25(19)36-31(18)20)15-22(24)29-28-21-8-3-5-12-26(21)37-27(28)16-23(30(29)35)32(33)34;1-2-4-6-5-3-1/h2-16H,1H3,(H3,33,34);1-4H,5-6H2. The summed E-state index contributed by atoms with van der Waals surface area (Å²) in [6.07, 6.45) is 11.0. The van der Waals surface area contributed by atoms with E-state index in [2.05, 4.69) is 115 Å². The molecule has 208 valence electrons. The number of nitrogens with two attached hydrogens (primary N) is 1. The Hall–Kier alpha value is -5.13. The van der Waals surface area contributed by atoms with Crippen molar-refractivity contribution >= 4 is 81.1 Å². The van der Waals surface area contributed by atoms with Gasteiger partial charge in [0.2, 0.25) is 0 Å². The van der Waals surface area contributed by atoms with Crippen LogP contribution in [-0.4, -0.2) is 10.4 Å². The molecule has 0 amide bonds. The van der Waals surface area contributed by atoms with Gasteiger partial charge in [-0.15, -0.1) is 11.3 Å². The highest BCUT2D eigenvalue weighted by Crippen LogP contribution is 2.45. The maximum Gasteiger partial charge on any atom is 0.143 e. The van der Waals surface area contributed by atoms with Gasteiger partial charge in [0.25, 0.3) is 0 Å². The molecule has 3 heterocycles. The molecule has 0 spiro atoms. The van der Waals surface area contributed by atoms with Crippen LogP contribution in [0.3, 0.4) is 0 Å². The van der Waals surface area contributed by atoms with Gasteiger partial charge in [-0.25, -0.2) is 0 Å². The molecule has 0 bridgehead atoms. The lowest BCUT2D eigenvalue weighted by Crippen LogP contribution is -2.12. The van der Waals surface area contributed by atoms with Gasteiger partial charge in [0.15, 0.2) is 0 Å². The Bertz CT molecular complexity index is 2440. The van der Waals surface area contributed by atoms with Crippen LogP contribution in [0.15, 0.2) is 120 Å². The number of rotatable bonds is 2. The molecule has 3 aromatic heterocycles. The highest BCUT2D eigenvalue weighted by molar-refractivity contribution is 7.26. The molecular weight excluding hydrogens is 547 g/mol. The highest BCUT2D eigenvalue weighted by atomic mass is 32.1. The van der Waals surface area contributed by atoms with Crippen molar-refractivity contribution in [3.8, 4) is 11.1 Å². The smallest absolute Gasteiger partial charge is 0.143 e. The first-order chi connectivity index (χ1) is 21.1. The molecule has 3 N–H and O–H groups in total. The van der Waals surface area contributed by atoms with Crippen molar-refractivity contribution in [2.24, 2.45) is 12.8 Å². The van der Waals surface area contributed by atoms with Gasteiger partial charge in [0.05, 0.1) is 5.52 Å². The average Bonchev–Trinajstić information content (AvgIpc) is 3.71. The minimum atomic E-state index is 0.0857. The van der Waals surface area contributed by atoms with Crippen LogP contribution in [0, 0.1) is 5.41 Å². The number of thiophene rings is 1. The van der Waals surface area contributed by atoms with Crippen molar-refractivity contribution < 1.29 is 4.42 Å². The molecule has 0 atom stereocenters. The molecule has 43 heavy (non-hydrogen) atoms. The van der Waals surface area contributed by atoms with E-state index >= 15 is 0 Å². The number of hydrogen-bond acceptors (Lipinski definition) is 3. The van der Waals surface area contributed by atoms with E-state index in [4.69, 9.17) is 15.6 Å². The largest absolute Gasteiger partial charge is 0.455 e. The summed E-state index contributed by atoms with van der Waals surface area (Å²) in [6, 6.07) is 31.8. The summed E-state index contributed by atoms with van der Waals surface area (Å²) >= 11 is 1.75. The average molecular weight is 576 g/mol. The SMILES string of the molecule is C1=CCCC=C1.Cn1c2ccc(-c3cccc4c3oc3ccccc34)cc2c2c3c(cc(C(=N)N)c21)sc1ccccc13. The predicted molar refractivity (Wildman–Crippen MR) is 185 cm³/mol. The third kappa shape index (κ3) is 4.00. The van der Waals surface area contributed by atoms with E-state index in [1.54, 1.807) is 11.3 Å². The lowest BCUT2D eigenvalue weighted by Gasteiger charge is -2.06. The van der Waals surface area contributed by atoms with E-state index in [1.165, 1.54) is 28.3 Å². The van der Waals surface area contributed by atoms with Gasteiger partial charge in [-0.2, -0.15) is 0 Å². The molecule has 1 aliphatic carbocycles. The molecule has 5 aromatic carbocycles. The fraction of sp³-hybridized carbons (Fsp3) is 0.0789. The van der Waals surface area contributed by atoms with Crippen molar-refractivity contribution in [1.82, 2.24) is 4.57 Å². The second kappa shape index (κ2) is 10.0. The van der Waals surface area contributed by atoms with Crippen LogP contribution in [0.2, 0.25) is 0 Å². The molecule has 0 aliphatic heterocycles. The highest BCUT2D eigenvalue weighted by Gasteiger charge is 2.21. The molecule has 9 rings (SSSR count). The number of para-hydroxylation sites is 2. The van der Waals surface area contributed by atoms with Gasteiger partial charge in [-0.05, 0) is 48.7 Å². The molecule has 5 heteroatoms. The maximum atomic E-state index is 8.37. The normalized spacial score (nSPS) is 13.0. The number of fused-ring (bicyclic) bond motifs is 10. The number of amidine groups is 1. The van der Waals surface area contributed by atoms with Crippen molar-refractivity contribution in [2.75, 3.05) is 0 Å². The van der Waals surface area contributed by atoms with Crippen molar-refractivity contribution in [1.29, 1.82) is 5.41 Å². The Morgan fingerprint density at radius 2 is 1.51 bits per heavy atom. The number of benzene rings is 5. The van der Waals surface area contributed by atoms with Crippen molar-refractivity contribution in [2.45, 2.75) is 12.8 Å². The number of nitrogens with zero attached hydrogens (tertiary/aromatic N) is 1.